The van der Waals surface area contributed by atoms with E-state index in [0.29, 0.717) is 26.4 Å². The first kappa shape index (κ1) is 15.5. The zero-order valence-corrected chi connectivity index (χ0v) is 12.1. The van der Waals surface area contributed by atoms with Crippen molar-refractivity contribution in [1.29, 1.82) is 0 Å². The van der Waals surface area contributed by atoms with E-state index in [-0.39, 0.29) is 5.82 Å². The van der Waals surface area contributed by atoms with E-state index < -0.39 is 0 Å². The number of anilines is 1. The van der Waals surface area contributed by atoms with Gasteiger partial charge in [-0.2, -0.15) is 0 Å². The second-order valence-electron chi connectivity index (χ2n) is 4.73. The van der Waals surface area contributed by atoms with Gasteiger partial charge in [-0.1, -0.05) is 24.3 Å². The molecule has 0 unspecified atom stereocenters. The molecular formula is C17H20FNO2. The van der Waals surface area contributed by atoms with E-state index in [2.05, 4.69) is 5.32 Å². The maximum absolute atomic E-state index is 13.1. The van der Waals surface area contributed by atoms with Crippen LogP contribution in [0.3, 0.4) is 0 Å². The molecule has 21 heavy (non-hydrogen) atoms. The Labute approximate surface area is 124 Å². The predicted molar refractivity (Wildman–Crippen MR) is 81.7 cm³/mol. The van der Waals surface area contributed by atoms with Crippen molar-refractivity contribution in [3.63, 3.8) is 0 Å². The highest BCUT2D eigenvalue weighted by atomic mass is 19.1. The van der Waals surface area contributed by atoms with Gasteiger partial charge in [0.15, 0.2) is 0 Å². The summed E-state index contributed by atoms with van der Waals surface area (Å²) in [4.78, 5) is 0. The maximum Gasteiger partial charge on any atom is 0.123 e. The molecule has 0 spiro atoms. The molecule has 0 saturated carbocycles. The summed E-state index contributed by atoms with van der Waals surface area (Å²) < 4.78 is 23.5. The minimum absolute atomic E-state index is 0.213. The lowest BCUT2D eigenvalue weighted by Crippen LogP contribution is -2.03. The molecule has 0 amide bonds. The van der Waals surface area contributed by atoms with E-state index in [4.69, 9.17) is 9.47 Å². The molecule has 0 bridgehead atoms. The second kappa shape index (κ2) is 8.39. The van der Waals surface area contributed by atoms with Crippen LogP contribution in [-0.2, 0) is 22.6 Å². The summed E-state index contributed by atoms with van der Waals surface area (Å²) in [5, 5.41) is 3.28. The van der Waals surface area contributed by atoms with Crippen LogP contribution >= 0.6 is 0 Å². The third-order valence-electron chi connectivity index (χ3n) is 3.01. The van der Waals surface area contributed by atoms with Crippen LogP contribution in [0.2, 0.25) is 0 Å². The topological polar surface area (TPSA) is 30.5 Å². The molecule has 0 atom stereocenters. The summed E-state index contributed by atoms with van der Waals surface area (Å²) in [6.45, 7) is 2.32. The fraction of sp³-hybridized carbons (Fsp3) is 0.294. The van der Waals surface area contributed by atoms with Gasteiger partial charge in [-0.15, -0.1) is 0 Å². The molecule has 4 heteroatoms. The molecule has 2 rings (SSSR count). The van der Waals surface area contributed by atoms with Gasteiger partial charge in [0.1, 0.15) is 5.82 Å². The van der Waals surface area contributed by atoms with Crippen LogP contribution in [-0.4, -0.2) is 20.3 Å². The highest BCUT2D eigenvalue weighted by Gasteiger charge is 1.98. The molecule has 1 N–H and O–H groups in total. The number of benzene rings is 2. The molecule has 2 aromatic rings. The van der Waals surface area contributed by atoms with Crippen LogP contribution in [0.1, 0.15) is 11.1 Å². The zero-order valence-electron chi connectivity index (χ0n) is 12.1. The van der Waals surface area contributed by atoms with Gasteiger partial charge in [-0.05, 0) is 35.4 Å². The van der Waals surface area contributed by atoms with E-state index in [1.54, 1.807) is 13.2 Å². The number of nitrogens with one attached hydrogen (secondary N) is 1. The number of methoxy groups -OCH3 is 1. The zero-order chi connectivity index (χ0) is 14.9. The molecule has 0 aliphatic carbocycles. The lowest BCUT2D eigenvalue weighted by molar-refractivity contribution is 0.0617. The van der Waals surface area contributed by atoms with E-state index in [1.165, 1.54) is 12.1 Å². The molecule has 0 radical (unpaired) electrons. The molecule has 0 aliphatic heterocycles. The standard InChI is InChI=1S/C17H20FNO2/c1-20-8-9-21-13-15-5-3-7-17(11-15)19-12-14-4-2-6-16(18)10-14/h2-7,10-11,19H,8-9,12-13H2,1H3. The van der Waals surface area contributed by atoms with Crippen LogP contribution in [0.25, 0.3) is 0 Å². The van der Waals surface area contributed by atoms with Crippen molar-refractivity contribution < 1.29 is 13.9 Å². The normalized spacial score (nSPS) is 10.6. The first-order chi connectivity index (χ1) is 10.3. The number of rotatable bonds is 8. The summed E-state index contributed by atoms with van der Waals surface area (Å²) >= 11 is 0. The summed E-state index contributed by atoms with van der Waals surface area (Å²) in [6, 6.07) is 14.6. The van der Waals surface area contributed by atoms with E-state index in [9.17, 15) is 4.39 Å². The van der Waals surface area contributed by atoms with Crippen molar-refractivity contribution >= 4 is 5.69 Å². The molecule has 0 saturated heterocycles. The number of hydrogen-bond acceptors (Lipinski definition) is 3. The van der Waals surface area contributed by atoms with Crippen molar-refractivity contribution in [3.05, 3.63) is 65.5 Å². The largest absolute Gasteiger partial charge is 0.382 e. The molecule has 112 valence electrons. The van der Waals surface area contributed by atoms with Crippen LogP contribution < -0.4 is 5.32 Å². The van der Waals surface area contributed by atoms with Gasteiger partial charge < -0.3 is 14.8 Å². The summed E-state index contributed by atoms with van der Waals surface area (Å²) in [6.07, 6.45) is 0. The lowest BCUT2D eigenvalue weighted by Gasteiger charge is -2.09. The van der Waals surface area contributed by atoms with E-state index >= 15 is 0 Å². The fourth-order valence-electron chi connectivity index (χ4n) is 1.95. The van der Waals surface area contributed by atoms with Crippen LogP contribution in [0, 0.1) is 5.82 Å². The number of ether oxygens (including phenoxy) is 2. The summed E-state index contributed by atoms with van der Waals surface area (Å²) in [7, 11) is 1.65. The quantitative estimate of drug-likeness (QED) is 0.753. The molecule has 0 aliphatic rings. The highest BCUT2D eigenvalue weighted by Crippen LogP contribution is 2.13. The minimum Gasteiger partial charge on any atom is -0.382 e. The summed E-state index contributed by atoms with van der Waals surface area (Å²) in [5.41, 5.74) is 3.00. The van der Waals surface area contributed by atoms with Crippen molar-refractivity contribution in [2.45, 2.75) is 13.2 Å². The number of halogens is 1. The van der Waals surface area contributed by atoms with Gasteiger partial charge in [-0.25, -0.2) is 4.39 Å². The Hall–Kier alpha value is -1.91. The van der Waals surface area contributed by atoms with E-state index in [1.807, 2.05) is 30.3 Å². The van der Waals surface area contributed by atoms with Crippen LogP contribution in [0.5, 0.6) is 0 Å². The Morgan fingerprint density at radius 2 is 1.81 bits per heavy atom. The van der Waals surface area contributed by atoms with Gasteiger partial charge >= 0.3 is 0 Å². The smallest absolute Gasteiger partial charge is 0.123 e. The molecule has 0 aromatic heterocycles. The highest BCUT2D eigenvalue weighted by molar-refractivity contribution is 5.46. The minimum atomic E-state index is -0.213. The predicted octanol–water partition coefficient (Wildman–Crippen LogP) is 3.60. The Morgan fingerprint density at radius 3 is 2.62 bits per heavy atom. The first-order valence-electron chi connectivity index (χ1n) is 6.92. The first-order valence-corrected chi connectivity index (χ1v) is 6.92. The van der Waals surface area contributed by atoms with Gasteiger partial charge in [0, 0.05) is 19.3 Å². The number of hydrogen-bond donors (Lipinski definition) is 1. The van der Waals surface area contributed by atoms with Crippen molar-refractivity contribution in [2.75, 3.05) is 25.6 Å². The Kier molecular flexibility index (Phi) is 6.19. The Balaban J connectivity index is 1.86. The maximum atomic E-state index is 13.1. The third-order valence-corrected chi connectivity index (χ3v) is 3.01. The van der Waals surface area contributed by atoms with Crippen molar-refractivity contribution in [2.24, 2.45) is 0 Å². The van der Waals surface area contributed by atoms with E-state index in [0.717, 1.165) is 16.8 Å². The summed E-state index contributed by atoms with van der Waals surface area (Å²) in [5.74, 6) is -0.213. The molecule has 3 nitrogen and oxygen atoms in total. The van der Waals surface area contributed by atoms with Gasteiger partial charge in [0.25, 0.3) is 0 Å². The average molecular weight is 289 g/mol. The molecular weight excluding hydrogens is 269 g/mol. The average Bonchev–Trinajstić information content (AvgIpc) is 2.50. The van der Waals surface area contributed by atoms with Crippen LogP contribution in [0.4, 0.5) is 10.1 Å². The fourth-order valence-corrected chi connectivity index (χ4v) is 1.95. The van der Waals surface area contributed by atoms with Gasteiger partial charge in [-0.3, -0.25) is 0 Å². The Bertz CT molecular complexity index is 560. The SMILES string of the molecule is COCCOCc1cccc(NCc2cccc(F)c2)c1. The van der Waals surface area contributed by atoms with Gasteiger partial charge in [0.2, 0.25) is 0 Å². The molecule has 0 heterocycles. The van der Waals surface area contributed by atoms with Crippen molar-refractivity contribution in [1.82, 2.24) is 0 Å². The monoisotopic (exact) mass is 289 g/mol. The Morgan fingerprint density at radius 1 is 1.00 bits per heavy atom. The molecule has 0 fully saturated rings. The lowest BCUT2D eigenvalue weighted by atomic mass is 10.2. The van der Waals surface area contributed by atoms with Crippen molar-refractivity contribution in [3.8, 4) is 0 Å². The second-order valence-corrected chi connectivity index (χ2v) is 4.73. The molecule has 2 aromatic carbocycles. The van der Waals surface area contributed by atoms with Crippen LogP contribution in [0.15, 0.2) is 48.5 Å². The third kappa shape index (κ3) is 5.53. The van der Waals surface area contributed by atoms with Gasteiger partial charge in [0.05, 0.1) is 19.8 Å².